The summed E-state index contributed by atoms with van der Waals surface area (Å²) in [6.07, 6.45) is 3.81. The van der Waals surface area contributed by atoms with Gasteiger partial charge in [-0.2, -0.15) is 0 Å². The minimum absolute atomic E-state index is 0.274. The fourth-order valence-electron chi connectivity index (χ4n) is 2.92. The number of ether oxygens (including phenoxy) is 1. The van der Waals surface area contributed by atoms with Crippen LogP contribution in [0, 0.1) is 5.92 Å². The molecule has 19 heavy (non-hydrogen) atoms. The van der Waals surface area contributed by atoms with Gasteiger partial charge in [-0.1, -0.05) is 45.0 Å². The van der Waals surface area contributed by atoms with Crippen molar-refractivity contribution in [2.75, 3.05) is 13.2 Å². The number of hydrogen-bond acceptors (Lipinski definition) is 2. The summed E-state index contributed by atoms with van der Waals surface area (Å²) in [5.74, 6) is 0.601. The van der Waals surface area contributed by atoms with E-state index in [4.69, 9.17) is 4.74 Å². The van der Waals surface area contributed by atoms with Crippen LogP contribution in [-0.2, 0) is 11.2 Å². The lowest BCUT2D eigenvalue weighted by atomic mass is 9.86. The zero-order valence-electron chi connectivity index (χ0n) is 12.5. The number of hydrogen-bond donors (Lipinski definition) is 1. The molecule has 2 rings (SSSR count). The van der Waals surface area contributed by atoms with E-state index in [1.807, 2.05) is 0 Å². The van der Waals surface area contributed by atoms with Crippen LogP contribution in [0.25, 0.3) is 0 Å². The van der Waals surface area contributed by atoms with Gasteiger partial charge in [-0.25, -0.2) is 0 Å². The first kappa shape index (κ1) is 14.5. The smallest absolute Gasteiger partial charge is 0.0867 e. The first-order valence-electron chi connectivity index (χ1n) is 7.65. The van der Waals surface area contributed by atoms with Crippen LogP contribution in [-0.4, -0.2) is 19.2 Å². The van der Waals surface area contributed by atoms with Crippen molar-refractivity contribution in [3.8, 4) is 0 Å². The molecule has 106 valence electrons. The highest BCUT2D eigenvalue weighted by atomic mass is 16.5. The second kappa shape index (κ2) is 7.06. The highest BCUT2D eigenvalue weighted by Crippen LogP contribution is 2.35. The van der Waals surface area contributed by atoms with Crippen molar-refractivity contribution in [3.05, 3.63) is 35.4 Å². The van der Waals surface area contributed by atoms with E-state index < -0.39 is 0 Å². The molecule has 1 heterocycles. The highest BCUT2D eigenvalue weighted by Gasteiger charge is 2.28. The highest BCUT2D eigenvalue weighted by molar-refractivity contribution is 5.30. The normalized spacial score (nSPS) is 23.8. The predicted octanol–water partition coefficient (Wildman–Crippen LogP) is 3.71. The summed E-state index contributed by atoms with van der Waals surface area (Å²) in [6.45, 7) is 8.60. The third-order valence-corrected chi connectivity index (χ3v) is 3.98. The van der Waals surface area contributed by atoms with E-state index >= 15 is 0 Å². The summed E-state index contributed by atoms with van der Waals surface area (Å²) in [4.78, 5) is 0. The Kier molecular flexibility index (Phi) is 5.41. The molecule has 2 unspecified atom stereocenters. The van der Waals surface area contributed by atoms with Crippen LogP contribution in [0.15, 0.2) is 24.3 Å². The first-order valence-corrected chi connectivity index (χ1v) is 7.65. The second-order valence-corrected chi connectivity index (χ2v) is 5.81. The zero-order valence-corrected chi connectivity index (χ0v) is 12.5. The van der Waals surface area contributed by atoms with Gasteiger partial charge in [0.15, 0.2) is 0 Å². The molecule has 1 N–H and O–H groups in total. The summed E-state index contributed by atoms with van der Waals surface area (Å²) < 4.78 is 6.11. The molecule has 1 saturated heterocycles. The van der Waals surface area contributed by atoms with Crippen LogP contribution in [0.3, 0.4) is 0 Å². The largest absolute Gasteiger partial charge is 0.373 e. The van der Waals surface area contributed by atoms with Gasteiger partial charge >= 0.3 is 0 Å². The standard InChI is InChI=1S/C17H27NO/c1-4-14-8-5-6-10-16(14)17-15(9-7-11-19-17)12-18-13(2)3/h5-6,8,10,13,15,17-18H,4,7,9,11-12H2,1-3H3. The topological polar surface area (TPSA) is 21.3 Å². The van der Waals surface area contributed by atoms with Crippen molar-refractivity contribution in [2.45, 2.75) is 52.2 Å². The Labute approximate surface area is 117 Å². The molecule has 1 aromatic rings. The lowest BCUT2D eigenvalue weighted by Gasteiger charge is -2.34. The van der Waals surface area contributed by atoms with Gasteiger partial charge in [0, 0.05) is 25.1 Å². The summed E-state index contributed by atoms with van der Waals surface area (Å²) in [5, 5.41) is 3.57. The SMILES string of the molecule is CCc1ccccc1C1OCCCC1CNC(C)C. The average molecular weight is 261 g/mol. The molecule has 2 heteroatoms. The molecule has 0 saturated carbocycles. The Morgan fingerprint density at radius 2 is 2.11 bits per heavy atom. The lowest BCUT2D eigenvalue weighted by molar-refractivity contribution is -0.0286. The minimum Gasteiger partial charge on any atom is -0.373 e. The van der Waals surface area contributed by atoms with E-state index in [9.17, 15) is 0 Å². The van der Waals surface area contributed by atoms with Crippen LogP contribution in [0.5, 0.6) is 0 Å². The van der Waals surface area contributed by atoms with E-state index in [1.54, 1.807) is 0 Å². The fourth-order valence-corrected chi connectivity index (χ4v) is 2.92. The Hall–Kier alpha value is -0.860. The van der Waals surface area contributed by atoms with E-state index in [2.05, 4.69) is 50.4 Å². The molecule has 0 aromatic heterocycles. The van der Waals surface area contributed by atoms with Gasteiger partial charge < -0.3 is 10.1 Å². The molecule has 2 atom stereocenters. The van der Waals surface area contributed by atoms with Crippen molar-refractivity contribution in [2.24, 2.45) is 5.92 Å². The molecule has 1 fully saturated rings. The zero-order chi connectivity index (χ0) is 13.7. The minimum atomic E-state index is 0.274. The quantitative estimate of drug-likeness (QED) is 0.872. The van der Waals surface area contributed by atoms with Gasteiger partial charge in [0.25, 0.3) is 0 Å². The van der Waals surface area contributed by atoms with Gasteiger partial charge in [-0.15, -0.1) is 0 Å². The molecule has 0 bridgehead atoms. The van der Waals surface area contributed by atoms with Gasteiger partial charge in [-0.3, -0.25) is 0 Å². The van der Waals surface area contributed by atoms with E-state index in [-0.39, 0.29) is 6.10 Å². The molecule has 0 radical (unpaired) electrons. The summed E-state index contributed by atoms with van der Waals surface area (Å²) in [7, 11) is 0. The van der Waals surface area contributed by atoms with Gasteiger partial charge in [0.05, 0.1) is 6.10 Å². The van der Waals surface area contributed by atoms with E-state index in [1.165, 1.54) is 24.0 Å². The lowest BCUT2D eigenvalue weighted by Crippen LogP contribution is -2.35. The van der Waals surface area contributed by atoms with Crippen molar-refractivity contribution in [1.29, 1.82) is 0 Å². The fraction of sp³-hybridized carbons (Fsp3) is 0.647. The predicted molar refractivity (Wildman–Crippen MR) is 80.4 cm³/mol. The number of aryl methyl sites for hydroxylation is 1. The summed E-state index contributed by atoms with van der Waals surface area (Å²) in [5.41, 5.74) is 2.84. The number of rotatable bonds is 5. The van der Waals surface area contributed by atoms with E-state index in [0.717, 1.165) is 19.6 Å². The maximum atomic E-state index is 6.11. The maximum Gasteiger partial charge on any atom is 0.0867 e. The molecule has 1 aliphatic heterocycles. The Morgan fingerprint density at radius 1 is 1.32 bits per heavy atom. The number of nitrogens with one attached hydrogen (secondary N) is 1. The summed E-state index contributed by atoms with van der Waals surface area (Å²) in [6, 6.07) is 9.30. The molecule has 0 spiro atoms. The Morgan fingerprint density at radius 3 is 2.84 bits per heavy atom. The molecule has 1 aromatic carbocycles. The molecule has 0 aliphatic carbocycles. The van der Waals surface area contributed by atoms with Crippen molar-refractivity contribution in [3.63, 3.8) is 0 Å². The van der Waals surface area contributed by atoms with Gasteiger partial charge in [0.1, 0.15) is 0 Å². The maximum absolute atomic E-state index is 6.11. The van der Waals surface area contributed by atoms with Crippen molar-refractivity contribution in [1.82, 2.24) is 5.32 Å². The molecular weight excluding hydrogens is 234 g/mol. The Balaban J connectivity index is 2.14. The van der Waals surface area contributed by atoms with Gasteiger partial charge in [0.2, 0.25) is 0 Å². The Bertz CT molecular complexity index is 389. The summed E-state index contributed by atoms with van der Waals surface area (Å²) >= 11 is 0. The van der Waals surface area contributed by atoms with E-state index in [0.29, 0.717) is 12.0 Å². The molecular formula is C17H27NO. The van der Waals surface area contributed by atoms with Crippen molar-refractivity contribution >= 4 is 0 Å². The third-order valence-electron chi connectivity index (χ3n) is 3.98. The first-order chi connectivity index (χ1) is 9.22. The van der Waals surface area contributed by atoms with Crippen molar-refractivity contribution < 1.29 is 4.74 Å². The number of benzene rings is 1. The van der Waals surface area contributed by atoms with Gasteiger partial charge in [-0.05, 0) is 30.4 Å². The van der Waals surface area contributed by atoms with Crippen LogP contribution in [0.4, 0.5) is 0 Å². The molecule has 1 aliphatic rings. The average Bonchev–Trinajstić information content (AvgIpc) is 2.45. The monoisotopic (exact) mass is 261 g/mol. The third kappa shape index (κ3) is 3.80. The van der Waals surface area contributed by atoms with Crippen LogP contribution in [0.2, 0.25) is 0 Å². The molecule has 2 nitrogen and oxygen atoms in total. The van der Waals surface area contributed by atoms with Crippen LogP contribution in [0.1, 0.15) is 50.8 Å². The molecule has 0 amide bonds. The van der Waals surface area contributed by atoms with Crippen LogP contribution >= 0.6 is 0 Å². The van der Waals surface area contributed by atoms with Crippen LogP contribution < -0.4 is 5.32 Å². The second-order valence-electron chi connectivity index (χ2n) is 5.81.